The van der Waals surface area contributed by atoms with Crippen molar-refractivity contribution < 1.29 is 4.79 Å². The normalized spacial score (nSPS) is 9.00. The number of carbonyl (C=O) groups excluding carboxylic acids is 1. The third kappa shape index (κ3) is 1.39. The molecule has 0 amide bonds. The van der Waals surface area contributed by atoms with Crippen LogP contribution in [0.4, 0.5) is 11.4 Å². The summed E-state index contributed by atoms with van der Waals surface area (Å²) in [5, 5.41) is 5.10. The van der Waals surface area contributed by atoms with Crippen LogP contribution < -0.4 is 0 Å². The monoisotopic (exact) mass is 164 g/mol. The van der Waals surface area contributed by atoms with Gasteiger partial charge in [-0.15, -0.1) is 9.81 Å². The van der Waals surface area contributed by atoms with Gasteiger partial charge in [0, 0.05) is 5.56 Å². The molecule has 0 N–H and O–H groups in total. The number of hydrogen-bond donors (Lipinski definition) is 0. The van der Waals surface area contributed by atoms with Crippen molar-refractivity contribution >= 4 is 17.7 Å². The zero-order chi connectivity index (χ0) is 8.97. The van der Waals surface area contributed by atoms with Crippen LogP contribution in [0.3, 0.4) is 0 Å². The van der Waals surface area contributed by atoms with Crippen molar-refractivity contribution in [2.45, 2.75) is 0 Å². The summed E-state index contributed by atoms with van der Waals surface area (Å²) in [6.45, 7) is 0. The van der Waals surface area contributed by atoms with Crippen LogP contribution in [0.1, 0.15) is 10.4 Å². The van der Waals surface area contributed by atoms with Gasteiger partial charge in [0.2, 0.25) is 0 Å². The Labute approximate surface area is 67.3 Å². The van der Waals surface area contributed by atoms with E-state index in [1.165, 1.54) is 18.2 Å². The second-order valence-electron chi connectivity index (χ2n) is 2.05. The van der Waals surface area contributed by atoms with Crippen LogP contribution in [-0.2, 0) is 0 Å². The van der Waals surface area contributed by atoms with Crippen molar-refractivity contribution in [3.8, 4) is 0 Å². The van der Waals surface area contributed by atoms with Gasteiger partial charge in [0.15, 0.2) is 0 Å². The molecule has 0 heterocycles. The Hall–Kier alpha value is -1.91. The Bertz CT molecular complexity index is 335. The molecule has 1 aromatic rings. The van der Waals surface area contributed by atoms with Gasteiger partial charge in [-0.1, -0.05) is 0 Å². The zero-order valence-electron chi connectivity index (χ0n) is 5.93. The van der Waals surface area contributed by atoms with Crippen molar-refractivity contribution in [2.24, 2.45) is 10.4 Å². The molecule has 0 spiro atoms. The van der Waals surface area contributed by atoms with Crippen LogP contribution in [-0.4, -0.2) is 6.29 Å². The molecule has 5 nitrogen and oxygen atoms in total. The Balaban J connectivity index is 3.27. The summed E-state index contributed by atoms with van der Waals surface area (Å²) >= 11 is 0. The lowest BCUT2D eigenvalue weighted by molar-refractivity contribution is 0.112. The molecule has 1 rings (SSSR count). The van der Waals surface area contributed by atoms with Crippen LogP contribution in [0.25, 0.3) is 0 Å². The second kappa shape index (κ2) is 3.47. The highest BCUT2D eigenvalue weighted by atomic mass is 16.3. The van der Waals surface area contributed by atoms with Crippen molar-refractivity contribution in [3.63, 3.8) is 0 Å². The molecule has 60 valence electrons. The van der Waals surface area contributed by atoms with E-state index in [0.717, 1.165) is 0 Å². The lowest BCUT2D eigenvalue weighted by atomic mass is 10.2. The van der Waals surface area contributed by atoms with E-state index in [0.29, 0.717) is 6.29 Å². The number of nitrogens with zero attached hydrogens (tertiary/aromatic N) is 2. The van der Waals surface area contributed by atoms with E-state index < -0.39 is 0 Å². The van der Waals surface area contributed by atoms with Crippen LogP contribution in [0.5, 0.6) is 0 Å². The summed E-state index contributed by atoms with van der Waals surface area (Å²) in [4.78, 5) is 30.4. The molecule has 0 atom stereocenters. The maximum Gasteiger partial charge on any atom is 0.150 e. The van der Waals surface area contributed by atoms with Gasteiger partial charge < -0.3 is 0 Å². The molecule has 0 aromatic heterocycles. The molecular formula is C7H4N2O3. The fourth-order valence-corrected chi connectivity index (χ4v) is 0.764. The number of carbonyl (C=O) groups is 1. The highest BCUT2D eigenvalue weighted by Crippen LogP contribution is 2.27. The molecule has 1 aromatic carbocycles. The number of rotatable bonds is 3. The van der Waals surface area contributed by atoms with Crippen molar-refractivity contribution in [1.82, 2.24) is 0 Å². The topological polar surface area (TPSA) is 75.9 Å². The van der Waals surface area contributed by atoms with Crippen molar-refractivity contribution in [3.05, 3.63) is 33.6 Å². The number of aldehydes is 1. The summed E-state index contributed by atoms with van der Waals surface area (Å²) in [6.07, 6.45) is 0.559. The number of benzene rings is 1. The smallest absolute Gasteiger partial charge is 0.150 e. The SMILES string of the molecule is O=Cc1ccc(N=O)c(N=O)c1. The van der Waals surface area contributed by atoms with E-state index in [2.05, 4.69) is 10.4 Å². The third-order valence-electron chi connectivity index (χ3n) is 1.33. The number of hydrogen-bond acceptors (Lipinski definition) is 5. The molecule has 0 fully saturated rings. The van der Waals surface area contributed by atoms with Crippen molar-refractivity contribution in [1.29, 1.82) is 0 Å². The van der Waals surface area contributed by atoms with E-state index in [1.807, 2.05) is 0 Å². The highest BCUT2D eigenvalue weighted by molar-refractivity contribution is 5.79. The molecule has 0 radical (unpaired) electrons. The summed E-state index contributed by atoms with van der Waals surface area (Å²) in [7, 11) is 0. The zero-order valence-corrected chi connectivity index (χ0v) is 5.93. The molecule has 0 bridgehead atoms. The van der Waals surface area contributed by atoms with E-state index in [9.17, 15) is 14.6 Å². The minimum atomic E-state index is -0.116. The molecule has 12 heavy (non-hydrogen) atoms. The Morgan fingerprint density at radius 3 is 2.25 bits per heavy atom. The molecule has 0 saturated heterocycles. The largest absolute Gasteiger partial charge is 0.298 e. The molecular weight excluding hydrogens is 160 g/mol. The van der Waals surface area contributed by atoms with Gasteiger partial charge in [-0.25, -0.2) is 0 Å². The maximum absolute atomic E-state index is 10.2. The van der Waals surface area contributed by atoms with Gasteiger partial charge in [-0.05, 0) is 28.6 Å². The second-order valence-corrected chi connectivity index (χ2v) is 2.05. The van der Waals surface area contributed by atoms with Crippen molar-refractivity contribution in [2.75, 3.05) is 0 Å². The fourth-order valence-electron chi connectivity index (χ4n) is 0.764. The molecule has 0 aliphatic rings. The quantitative estimate of drug-likeness (QED) is 0.508. The summed E-state index contributed by atoms with van der Waals surface area (Å²) in [5.74, 6) is 0. The Kier molecular flexibility index (Phi) is 2.37. The predicted molar refractivity (Wildman–Crippen MR) is 42.7 cm³/mol. The minimum Gasteiger partial charge on any atom is -0.298 e. The van der Waals surface area contributed by atoms with Gasteiger partial charge in [0.05, 0.1) is 0 Å². The highest BCUT2D eigenvalue weighted by Gasteiger charge is 2.03. The third-order valence-corrected chi connectivity index (χ3v) is 1.33. The van der Waals surface area contributed by atoms with Crippen LogP contribution in [0, 0.1) is 9.81 Å². The van der Waals surface area contributed by atoms with Crippen LogP contribution in [0.2, 0.25) is 0 Å². The van der Waals surface area contributed by atoms with E-state index in [1.54, 1.807) is 0 Å². The lowest BCUT2D eigenvalue weighted by Gasteiger charge is -1.93. The first-order chi connectivity index (χ1) is 5.81. The first-order valence-electron chi connectivity index (χ1n) is 3.07. The van der Waals surface area contributed by atoms with Crippen LogP contribution in [0.15, 0.2) is 28.6 Å². The van der Waals surface area contributed by atoms with Gasteiger partial charge in [-0.3, -0.25) is 4.79 Å². The molecule has 0 unspecified atom stereocenters. The minimum absolute atomic E-state index is 0.0596. The van der Waals surface area contributed by atoms with Crippen LogP contribution >= 0.6 is 0 Å². The van der Waals surface area contributed by atoms with E-state index >= 15 is 0 Å². The predicted octanol–water partition coefficient (Wildman–Crippen LogP) is 2.29. The molecule has 0 saturated carbocycles. The van der Waals surface area contributed by atoms with E-state index in [4.69, 9.17) is 0 Å². The molecule has 0 aliphatic carbocycles. The first-order valence-corrected chi connectivity index (χ1v) is 3.07. The van der Waals surface area contributed by atoms with Gasteiger partial charge in [0.1, 0.15) is 17.7 Å². The standard InChI is InChI=1S/C7H4N2O3/c10-4-5-1-2-6(8-11)7(3-5)9-12/h1-4H. The summed E-state index contributed by atoms with van der Waals surface area (Å²) < 4.78 is 0. The fraction of sp³-hybridized carbons (Fsp3) is 0. The average Bonchev–Trinajstić information content (AvgIpc) is 2.16. The first kappa shape index (κ1) is 8.19. The lowest BCUT2D eigenvalue weighted by Crippen LogP contribution is -1.77. The molecule has 0 aliphatic heterocycles. The van der Waals surface area contributed by atoms with E-state index in [-0.39, 0.29) is 16.9 Å². The van der Waals surface area contributed by atoms with Gasteiger partial charge in [0.25, 0.3) is 0 Å². The van der Waals surface area contributed by atoms with Gasteiger partial charge in [-0.2, -0.15) is 0 Å². The average molecular weight is 164 g/mol. The molecule has 5 heteroatoms. The maximum atomic E-state index is 10.2. The Morgan fingerprint density at radius 2 is 1.75 bits per heavy atom. The Morgan fingerprint density at radius 1 is 1.08 bits per heavy atom. The number of nitroso groups, excluding NO2 is 2. The summed E-state index contributed by atoms with van der Waals surface area (Å²) in [5.41, 5.74) is 0.113. The summed E-state index contributed by atoms with van der Waals surface area (Å²) in [6, 6.07) is 3.86. The van der Waals surface area contributed by atoms with Gasteiger partial charge >= 0.3 is 0 Å².